The van der Waals surface area contributed by atoms with Gasteiger partial charge in [-0.2, -0.15) is 0 Å². The highest BCUT2D eigenvalue weighted by Gasteiger charge is 2.75. The zero-order valence-electron chi connectivity index (χ0n) is 15.9. The van der Waals surface area contributed by atoms with Crippen molar-refractivity contribution in [2.75, 3.05) is 31.1 Å². The van der Waals surface area contributed by atoms with Crippen molar-refractivity contribution in [3.8, 4) is 10.6 Å². The lowest BCUT2D eigenvalue weighted by molar-refractivity contribution is 0.0729. The monoisotopic (exact) mass is 432 g/mol. The third-order valence-electron chi connectivity index (χ3n) is 7.48. The van der Waals surface area contributed by atoms with Gasteiger partial charge in [-0.3, -0.25) is 0 Å². The molecule has 2 saturated heterocycles. The maximum Gasteiger partial charge on any atom is 0.267 e. The topological polar surface area (TPSA) is 19.1 Å². The van der Waals surface area contributed by atoms with Gasteiger partial charge < -0.3 is 4.90 Å². The van der Waals surface area contributed by atoms with Gasteiger partial charge in [-0.05, 0) is 24.3 Å². The highest BCUT2D eigenvalue weighted by atomic mass is 32.1. The first kappa shape index (κ1) is 17.5. The standard InChI is InChI=1S/C22H18F4N3S/c23-21(24)13-7-28(8-14(13)21)11-1-3-17-19(5-11)30-20-6-12(2-4-18(20)27-17)29-9-15-16(10-29)22(15,25)26/h1-6,13-16H,7-10H2/q+1. The molecule has 1 aromatic carbocycles. The van der Waals surface area contributed by atoms with Gasteiger partial charge in [-0.25, -0.2) is 27.1 Å². The Morgan fingerprint density at radius 2 is 1.60 bits per heavy atom. The van der Waals surface area contributed by atoms with Crippen LogP contribution in [-0.4, -0.2) is 43.0 Å². The highest BCUT2D eigenvalue weighted by Crippen LogP contribution is 2.60. The van der Waals surface area contributed by atoms with E-state index in [1.165, 1.54) is 0 Å². The first-order valence-corrected chi connectivity index (χ1v) is 11.1. The van der Waals surface area contributed by atoms with Crippen molar-refractivity contribution in [2.24, 2.45) is 23.7 Å². The Morgan fingerprint density at radius 3 is 2.33 bits per heavy atom. The molecule has 8 heteroatoms. The van der Waals surface area contributed by atoms with Crippen LogP contribution in [0.1, 0.15) is 0 Å². The summed E-state index contributed by atoms with van der Waals surface area (Å²) in [4.78, 5) is 7.78. The molecule has 0 spiro atoms. The summed E-state index contributed by atoms with van der Waals surface area (Å²) in [6, 6.07) is 11.9. The molecule has 3 aliphatic carbocycles. The second-order valence-corrected chi connectivity index (χ2v) is 10.2. The van der Waals surface area contributed by atoms with Gasteiger partial charge in [0.2, 0.25) is 5.36 Å². The molecule has 4 unspecified atom stereocenters. The number of halogens is 4. The summed E-state index contributed by atoms with van der Waals surface area (Å²) in [5.41, 5.74) is 2.71. The molecule has 0 radical (unpaired) electrons. The average Bonchev–Trinajstić information content (AvgIpc) is 3.25. The highest BCUT2D eigenvalue weighted by molar-refractivity contribution is 7.21. The maximum absolute atomic E-state index is 13.5. The van der Waals surface area contributed by atoms with Crippen LogP contribution in [0.5, 0.6) is 0 Å². The van der Waals surface area contributed by atoms with Crippen LogP contribution < -0.4 is 14.8 Å². The van der Waals surface area contributed by atoms with Gasteiger partial charge in [-0.1, -0.05) is 0 Å². The van der Waals surface area contributed by atoms with Gasteiger partial charge in [0.1, 0.15) is 0 Å². The number of piperidine rings is 2. The Bertz CT molecular complexity index is 1240. The summed E-state index contributed by atoms with van der Waals surface area (Å²) in [6.45, 7) is 1.61. The van der Waals surface area contributed by atoms with Gasteiger partial charge in [0.25, 0.3) is 11.8 Å². The minimum Gasteiger partial charge on any atom is -0.370 e. The number of hydrogen-bond acceptors (Lipinski definition) is 3. The van der Waals surface area contributed by atoms with Crippen LogP contribution in [-0.2, 0) is 0 Å². The molecule has 6 aliphatic rings. The Balaban J connectivity index is 1.25. The van der Waals surface area contributed by atoms with Crippen molar-refractivity contribution < 1.29 is 17.6 Å². The van der Waals surface area contributed by atoms with E-state index in [-0.39, 0.29) is 0 Å². The predicted molar refractivity (Wildman–Crippen MR) is 107 cm³/mol. The van der Waals surface area contributed by atoms with E-state index in [1.54, 1.807) is 11.3 Å². The predicted octanol–water partition coefficient (Wildman–Crippen LogP) is 3.77. The van der Waals surface area contributed by atoms with Crippen molar-refractivity contribution in [1.82, 2.24) is 9.56 Å². The number of rotatable bonds is 1. The van der Waals surface area contributed by atoms with E-state index >= 15 is 0 Å². The summed E-state index contributed by atoms with van der Waals surface area (Å²) >= 11 is 1.61. The lowest BCUT2D eigenvalue weighted by Crippen LogP contribution is -2.32. The molecule has 0 N–H and O–H groups in total. The van der Waals surface area contributed by atoms with E-state index in [9.17, 15) is 17.6 Å². The van der Waals surface area contributed by atoms with E-state index in [0.717, 1.165) is 31.8 Å². The van der Waals surface area contributed by atoms with E-state index in [1.807, 2.05) is 45.9 Å². The Hall–Kier alpha value is -2.22. The number of hydrogen-bond donors (Lipinski definition) is 0. The summed E-state index contributed by atoms with van der Waals surface area (Å²) in [6.07, 6.45) is 0. The molecular weight excluding hydrogens is 414 g/mol. The van der Waals surface area contributed by atoms with E-state index in [0.29, 0.717) is 26.2 Å². The molecule has 2 saturated carbocycles. The number of fused-ring (bicyclic) bond motifs is 4. The Morgan fingerprint density at radius 1 is 0.900 bits per heavy atom. The van der Waals surface area contributed by atoms with E-state index in [4.69, 9.17) is 4.98 Å². The molecule has 4 atom stereocenters. The molecular formula is C22H18F4N3S+. The zero-order valence-corrected chi connectivity index (χ0v) is 16.7. The van der Waals surface area contributed by atoms with Crippen LogP contribution in [0.25, 0.3) is 20.8 Å². The fourth-order valence-corrected chi connectivity index (χ4v) is 6.47. The molecule has 0 amide bonds. The van der Waals surface area contributed by atoms with Crippen LogP contribution in [0.2, 0.25) is 0 Å². The van der Waals surface area contributed by atoms with Crippen molar-refractivity contribution >= 4 is 27.2 Å². The molecule has 4 fully saturated rings. The average molecular weight is 432 g/mol. The third-order valence-corrected chi connectivity index (χ3v) is 8.57. The van der Waals surface area contributed by atoms with Crippen molar-refractivity contribution in [1.29, 1.82) is 0 Å². The summed E-state index contributed by atoms with van der Waals surface area (Å²) in [7, 11) is 0. The molecule has 30 heavy (non-hydrogen) atoms. The quantitative estimate of drug-likeness (QED) is 0.331. The van der Waals surface area contributed by atoms with Crippen LogP contribution in [0.15, 0.2) is 36.4 Å². The summed E-state index contributed by atoms with van der Waals surface area (Å²) < 4.78 is 57.1. The van der Waals surface area contributed by atoms with Crippen LogP contribution in [0, 0.1) is 23.7 Å². The molecule has 3 aliphatic heterocycles. The summed E-state index contributed by atoms with van der Waals surface area (Å²) in [5.74, 6) is -6.99. The number of anilines is 1. The van der Waals surface area contributed by atoms with Gasteiger partial charge in [0.05, 0.1) is 44.5 Å². The van der Waals surface area contributed by atoms with Gasteiger partial charge in [0.15, 0.2) is 13.1 Å². The first-order chi connectivity index (χ1) is 14.3. The molecule has 0 bridgehead atoms. The largest absolute Gasteiger partial charge is 0.370 e. The smallest absolute Gasteiger partial charge is 0.267 e. The minimum atomic E-state index is -2.48. The fourth-order valence-electron chi connectivity index (χ4n) is 5.43. The lowest BCUT2D eigenvalue weighted by atomic mass is 10.2. The maximum atomic E-state index is 13.5. The molecule has 3 nitrogen and oxygen atoms in total. The summed E-state index contributed by atoms with van der Waals surface area (Å²) in [5, 5.41) is 0.959. The first-order valence-electron chi connectivity index (χ1n) is 10.3. The second-order valence-electron chi connectivity index (χ2n) is 9.10. The lowest BCUT2D eigenvalue weighted by Gasteiger charge is -2.22. The number of benzene rings is 2. The molecule has 3 heterocycles. The van der Waals surface area contributed by atoms with Crippen molar-refractivity contribution in [2.45, 2.75) is 11.8 Å². The van der Waals surface area contributed by atoms with Crippen LogP contribution in [0.3, 0.4) is 0 Å². The molecule has 0 aromatic heterocycles. The fraction of sp³-hybridized carbons (Fsp3) is 0.455. The second kappa shape index (κ2) is 5.33. The normalized spacial score (nSPS) is 32.5. The van der Waals surface area contributed by atoms with Gasteiger partial charge >= 0.3 is 0 Å². The third kappa shape index (κ3) is 2.26. The minimum absolute atomic E-state index is 0.404. The molecule has 154 valence electrons. The zero-order chi connectivity index (χ0) is 20.4. The van der Waals surface area contributed by atoms with Gasteiger partial charge in [0, 0.05) is 30.9 Å². The number of aromatic nitrogens is 1. The SMILES string of the molecule is FC1(F)C2CN(c3ccc4nc5ccc(=[N+]6CC7C(C6)C7(F)F)cc-5sc4c3)CC21. The van der Waals surface area contributed by atoms with Crippen LogP contribution in [0.4, 0.5) is 23.2 Å². The van der Waals surface area contributed by atoms with Crippen LogP contribution >= 0.6 is 11.3 Å². The Kier molecular flexibility index (Phi) is 3.10. The van der Waals surface area contributed by atoms with Crippen molar-refractivity contribution in [3.05, 3.63) is 41.8 Å². The number of nitrogens with zero attached hydrogens (tertiary/aromatic N) is 3. The van der Waals surface area contributed by atoms with E-state index in [2.05, 4.69) is 0 Å². The van der Waals surface area contributed by atoms with Gasteiger partial charge in [-0.15, -0.1) is 11.3 Å². The molecule has 7 rings (SSSR count). The van der Waals surface area contributed by atoms with Crippen molar-refractivity contribution in [3.63, 3.8) is 0 Å². The molecule has 1 aromatic rings. The number of alkyl halides is 4. The van der Waals surface area contributed by atoms with E-state index < -0.39 is 35.5 Å². The Labute approximate surface area is 173 Å².